The van der Waals surface area contributed by atoms with E-state index in [9.17, 15) is 8.42 Å². The standard InChI is InChI=1S/C11H17BrN2O2S2/c1-8-10(5-11(12)17-8)18(15,16)14-4-3-9(7-14)6-13-2/h5,9,13H,3-4,6-7H2,1-2H3. The monoisotopic (exact) mass is 352 g/mol. The van der Waals surface area contributed by atoms with E-state index in [0.29, 0.717) is 23.9 Å². The summed E-state index contributed by atoms with van der Waals surface area (Å²) in [5.41, 5.74) is 0. The number of hydrogen-bond acceptors (Lipinski definition) is 4. The zero-order valence-electron chi connectivity index (χ0n) is 10.4. The maximum Gasteiger partial charge on any atom is 0.244 e. The highest BCUT2D eigenvalue weighted by atomic mass is 79.9. The third-order valence-electron chi connectivity index (χ3n) is 3.20. The normalized spacial score (nSPS) is 21.6. The molecule has 1 aromatic rings. The van der Waals surface area contributed by atoms with E-state index in [1.807, 2.05) is 14.0 Å². The highest BCUT2D eigenvalue weighted by molar-refractivity contribution is 9.11. The van der Waals surface area contributed by atoms with Crippen LogP contribution >= 0.6 is 27.3 Å². The summed E-state index contributed by atoms with van der Waals surface area (Å²) in [6.45, 7) is 3.97. The van der Waals surface area contributed by atoms with E-state index in [0.717, 1.165) is 21.6 Å². The van der Waals surface area contributed by atoms with Gasteiger partial charge in [0.2, 0.25) is 10.0 Å². The Labute approximate surface area is 121 Å². The van der Waals surface area contributed by atoms with Gasteiger partial charge in [0.15, 0.2) is 0 Å². The molecular formula is C11H17BrN2O2S2. The SMILES string of the molecule is CNCC1CCN(S(=O)(=O)c2cc(Br)sc2C)C1. The number of rotatable bonds is 4. The van der Waals surface area contributed by atoms with E-state index in [1.165, 1.54) is 11.3 Å². The van der Waals surface area contributed by atoms with Crippen LogP contribution in [-0.4, -0.2) is 39.4 Å². The molecule has 1 aliphatic rings. The van der Waals surface area contributed by atoms with Crippen molar-refractivity contribution in [3.63, 3.8) is 0 Å². The third-order valence-corrected chi connectivity index (χ3v) is 6.88. The first-order chi connectivity index (χ1) is 8.45. The van der Waals surface area contributed by atoms with Crippen molar-refractivity contribution in [1.82, 2.24) is 9.62 Å². The van der Waals surface area contributed by atoms with Crippen LogP contribution in [0.15, 0.2) is 14.7 Å². The van der Waals surface area contributed by atoms with Gasteiger partial charge in [0.1, 0.15) is 0 Å². The molecule has 0 bridgehead atoms. The molecule has 2 rings (SSSR count). The third kappa shape index (κ3) is 2.80. The van der Waals surface area contributed by atoms with Crippen molar-refractivity contribution in [3.05, 3.63) is 14.7 Å². The molecule has 0 saturated carbocycles. The maximum absolute atomic E-state index is 12.5. The molecule has 1 unspecified atom stereocenters. The van der Waals surface area contributed by atoms with Crippen LogP contribution in [0.4, 0.5) is 0 Å². The number of halogens is 1. The lowest BCUT2D eigenvalue weighted by Gasteiger charge is -2.16. The Morgan fingerprint density at radius 2 is 2.33 bits per heavy atom. The number of nitrogens with zero attached hydrogens (tertiary/aromatic N) is 1. The molecule has 0 radical (unpaired) electrons. The van der Waals surface area contributed by atoms with Gasteiger partial charge < -0.3 is 5.32 Å². The van der Waals surface area contributed by atoms with Gasteiger partial charge in [0.05, 0.1) is 8.68 Å². The van der Waals surface area contributed by atoms with Crippen LogP contribution in [0.5, 0.6) is 0 Å². The number of nitrogens with one attached hydrogen (secondary N) is 1. The van der Waals surface area contributed by atoms with Crippen LogP contribution in [0.25, 0.3) is 0 Å². The van der Waals surface area contributed by atoms with E-state index in [1.54, 1.807) is 10.4 Å². The van der Waals surface area contributed by atoms with Gasteiger partial charge >= 0.3 is 0 Å². The average molecular weight is 353 g/mol. The molecule has 1 atom stereocenters. The summed E-state index contributed by atoms with van der Waals surface area (Å²) in [5.74, 6) is 0.423. The summed E-state index contributed by atoms with van der Waals surface area (Å²) in [7, 11) is -1.41. The molecule has 1 N–H and O–H groups in total. The molecule has 2 heterocycles. The summed E-state index contributed by atoms with van der Waals surface area (Å²) in [6, 6.07) is 1.71. The van der Waals surface area contributed by atoms with Gasteiger partial charge in [0.25, 0.3) is 0 Å². The zero-order chi connectivity index (χ0) is 13.3. The van der Waals surface area contributed by atoms with Crippen molar-refractivity contribution in [1.29, 1.82) is 0 Å². The lowest BCUT2D eigenvalue weighted by Crippen LogP contribution is -2.30. The van der Waals surface area contributed by atoms with Crippen LogP contribution < -0.4 is 5.32 Å². The topological polar surface area (TPSA) is 49.4 Å². The molecule has 102 valence electrons. The number of hydrogen-bond donors (Lipinski definition) is 1. The molecule has 0 amide bonds. The molecule has 0 aliphatic carbocycles. The summed E-state index contributed by atoms with van der Waals surface area (Å²) < 4.78 is 27.5. The lowest BCUT2D eigenvalue weighted by molar-refractivity contribution is 0.451. The summed E-state index contributed by atoms with van der Waals surface area (Å²) in [5, 5.41) is 3.11. The van der Waals surface area contributed by atoms with E-state index >= 15 is 0 Å². The second-order valence-corrected chi connectivity index (χ2v) is 9.09. The Hall–Kier alpha value is 0.0500. The van der Waals surface area contributed by atoms with Crippen LogP contribution in [0.2, 0.25) is 0 Å². The van der Waals surface area contributed by atoms with Gasteiger partial charge in [-0.1, -0.05) is 0 Å². The Morgan fingerprint density at radius 1 is 1.61 bits per heavy atom. The Balaban J connectivity index is 2.20. The minimum atomic E-state index is -3.31. The van der Waals surface area contributed by atoms with Crippen molar-refractivity contribution >= 4 is 37.3 Å². The molecule has 4 nitrogen and oxygen atoms in total. The Morgan fingerprint density at radius 3 is 2.89 bits per heavy atom. The molecule has 0 spiro atoms. The fraction of sp³-hybridized carbons (Fsp3) is 0.636. The van der Waals surface area contributed by atoms with Gasteiger partial charge in [-0.3, -0.25) is 0 Å². The Kier molecular flexibility index (Phi) is 4.48. The van der Waals surface area contributed by atoms with Gasteiger partial charge in [0, 0.05) is 18.0 Å². The van der Waals surface area contributed by atoms with Crippen molar-refractivity contribution in [2.45, 2.75) is 18.2 Å². The first kappa shape index (κ1) is 14.5. The second kappa shape index (κ2) is 5.58. The van der Waals surface area contributed by atoms with E-state index in [2.05, 4.69) is 21.2 Å². The fourth-order valence-corrected chi connectivity index (χ4v) is 6.21. The number of sulfonamides is 1. The van der Waals surface area contributed by atoms with Gasteiger partial charge in [-0.25, -0.2) is 8.42 Å². The number of aryl methyl sites for hydroxylation is 1. The highest BCUT2D eigenvalue weighted by Crippen LogP contribution is 2.33. The average Bonchev–Trinajstić information content (AvgIpc) is 2.86. The lowest BCUT2D eigenvalue weighted by atomic mass is 10.1. The van der Waals surface area contributed by atoms with Crippen LogP contribution in [-0.2, 0) is 10.0 Å². The van der Waals surface area contributed by atoms with E-state index in [-0.39, 0.29) is 0 Å². The van der Waals surface area contributed by atoms with E-state index < -0.39 is 10.0 Å². The molecule has 1 saturated heterocycles. The van der Waals surface area contributed by atoms with Crippen molar-refractivity contribution in [2.75, 3.05) is 26.7 Å². The minimum absolute atomic E-state index is 0.423. The number of thiophene rings is 1. The largest absolute Gasteiger partial charge is 0.319 e. The smallest absolute Gasteiger partial charge is 0.244 e. The predicted molar refractivity (Wildman–Crippen MR) is 77.5 cm³/mol. The molecular weight excluding hydrogens is 336 g/mol. The summed E-state index contributed by atoms with van der Waals surface area (Å²) >= 11 is 4.81. The predicted octanol–water partition coefficient (Wildman–Crippen LogP) is 2.05. The summed E-state index contributed by atoms with van der Waals surface area (Å²) in [6.07, 6.45) is 0.935. The molecule has 1 aliphatic heterocycles. The molecule has 1 aromatic heterocycles. The van der Waals surface area contributed by atoms with Gasteiger partial charge in [-0.2, -0.15) is 4.31 Å². The van der Waals surface area contributed by atoms with Crippen molar-refractivity contribution in [2.24, 2.45) is 5.92 Å². The molecule has 18 heavy (non-hydrogen) atoms. The zero-order valence-corrected chi connectivity index (χ0v) is 13.7. The fourth-order valence-electron chi connectivity index (χ4n) is 2.30. The summed E-state index contributed by atoms with van der Waals surface area (Å²) in [4.78, 5) is 1.29. The van der Waals surface area contributed by atoms with Crippen molar-refractivity contribution < 1.29 is 8.42 Å². The van der Waals surface area contributed by atoms with Gasteiger partial charge in [-0.05, 0) is 54.9 Å². The second-order valence-electron chi connectivity index (χ2n) is 4.55. The Bertz CT molecular complexity index is 527. The maximum atomic E-state index is 12.5. The molecule has 0 aromatic carbocycles. The quantitative estimate of drug-likeness (QED) is 0.901. The van der Waals surface area contributed by atoms with Gasteiger partial charge in [-0.15, -0.1) is 11.3 Å². The van der Waals surface area contributed by atoms with Crippen molar-refractivity contribution in [3.8, 4) is 0 Å². The minimum Gasteiger partial charge on any atom is -0.319 e. The van der Waals surface area contributed by atoms with Crippen LogP contribution in [0, 0.1) is 12.8 Å². The first-order valence-electron chi connectivity index (χ1n) is 5.86. The van der Waals surface area contributed by atoms with Crippen LogP contribution in [0.3, 0.4) is 0 Å². The molecule has 1 fully saturated rings. The van der Waals surface area contributed by atoms with E-state index in [4.69, 9.17) is 0 Å². The molecule has 7 heteroatoms. The first-order valence-corrected chi connectivity index (χ1v) is 8.90. The van der Waals surface area contributed by atoms with Crippen LogP contribution in [0.1, 0.15) is 11.3 Å². The highest BCUT2D eigenvalue weighted by Gasteiger charge is 2.33.